The minimum atomic E-state index is -0.674. The minimum Gasteiger partial charge on any atom is -0.381 e. The van der Waals surface area contributed by atoms with E-state index >= 15 is 0 Å². The first kappa shape index (κ1) is 12.8. The zero-order valence-corrected chi connectivity index (χ0v) is 10.7. The van der Waals surface area contributed by atoms with Crippen LogP contribution in [0.25, 0.3) is 0 Å². The second kappa shape index (κ2) is 5.33. The van der Waals surface area contributed by atoms with Gasteiger partial charge in [0.1, 0.15) is 0 Å². The van der Waals surface area contributed by atoms with Gasteiger partial charge in [0.25, 0.3) is 0 Å². The van der Waals surface area contributed by atoms with Gasteiger partial charge in [0.2, 0.25) is 5.91 Å². The summed E-state index contributed by atoms with van der Waals surface area (Å²) in [6.45, 7) is 7.99. The van der Waals surface area contributed by atoms with Gasteiger partial charge in [0.15, 0.2) is 0 Å². The predicted octanol–water partition coefficient (Wildman–Crippen LogP) is -0.342. The van der Waals surface area contributed by atoms with Crippen molar-refractivity contribution in [3.05, 3.63) is 0 Å². The van der Waals surface area contributed by atoms with E-state index in [1.54, 1.807) is 0 Å². The second-order valence-corrected chi connectivity index (χ2v) is 4.99. The number of piperazine rings is 1. The Morgan fingerprint density at radius 3 is 2.35 bits per heavy atom. The van der Waals surface area contributed by atoms with Crippen LogP contribution in [0.15, 0.2) is 0 Å². The fourth-order valence-corrected chi connectivity index (χ4v) is 2.53. The van der Waals surface area contributed by atoms with Crippen LogP contribution in [-0.2, 0) is 9.53 Å². The maximum atomic E-state index is 12.4. The lowest BCUT2D eigenvalue weighted by molar-refractivity contribution is -0.142. The van der Waals surface area contributed by atoms with Gasteiger partial charge < -0.3 is 20.3 Å². The highest BCUT2D eigenvalue weighted by molar-refractivity contribution is 5.86. The van der Waals surface area contributed by atoms with E-state index in [2.05, 4.69) is 11.8 Å². The van der Waals surface area contributed by atoms with Gasteiger partial charge in [-0.05, 0) is 19.4 Å². The number of hydrogen-bond acceptors (Lipinski definition) is 4. The van der Waals surface area contributed by atoms with E-state index in [-0.39, 0.29) is 5.91 Å². The minimum absolute atomic E-state index is 0.122. The highest BCUT2D eigenvalue weighted by Crippen LogP contribution is 2.21. The number of rotatable bonds is 2. The quantitative estimate of drug-likeness (QED) is 0.718. The van der Waals surface area contributed by atoms with E-state index in [0.717, 1.165) is 32.7 Å². The van der Waals surface area contributed by atoms with Crippen LogP contribution in [0.1, 0.15) is 19.8 Å². The van der Waals surface area contributed by atoms with Crippen molar-refractivity contribution in [2.75, 3.05) is 45.9 Å². The lowest BCUT2D eigenvalue weighted by Crippen LogP contribution is -2.61. The van der Waals surface area contributed by atoms with Crippen LogP contribution in [0, 0.1) is 0 Å². The number of nitrogens with zero attached hydrogens (tertiary/aromatic N) is 2. The van der Waals surface area contributed by atoms with Crippen molar-refractivity contribution in [2.45, 2.75) is 25.3 Å². The van der Waals surface area contributed by atoms with E-state index in [1.807, 2.05) is 4.90 Å². The molecule has 2 saturated heterocycles. The fourth-order valence-electron chi connectivity index (χ4n) is 2.53. The van der Waals surface area contributed by atoms with Crippen LogP contribution >= 0.6 is 0 Å². The Kier molecular flexibility index (Phi) is 4.01. The maximum Gasteiger partial charge on any atom is 0.242 e. The predicted molar refractivity (Wildman–Crippen MR) is 65.7 cm³/mol. The third-order valence-electron chi connectivity index (χ3n) is 3.92. The number of nitrogens with two attached hydrogens (primary N) is 1. The fraction of sp³-hybridized carbons (Fsp3) is 0.917. The molecule has 2 aliphatic heterocycles. The highest BCUT2D eigenvalue weighted by atomic mass is 16.5. The van der Waals surface area contributed by atoms with Crippen molar-refractivity contribution in [3.8, 4) is 0 Å². The average molecular weight is 241 g/mol. The van der Waals surface area contributed by atoms with Crippen LogP contribution in [0.3, 0.4) is 0 Å². The molecule has 2 aliphatic rings. The van der Waals surface area contributed by atoms with E-state index in [9.17, 15) is 4.79 Å². The van der Waals surface area contributed by atoms with Gasteiger partial charge >= 0.3 is 0 Å². The molecule has 2 N–H and O–H groups in total. The van der Waals surface area contributed by atoms with Crippen molar-refractivity contribution in [1.82, 2.24) is 9.80 Å². The Bertz CT molecular complexity index is 269. The number of carbonyl (C=O) groups excluding carboxylic acids is 1. The van der Waals surface area contributed by atoms with Crippen molar-refractivity contribution in [2.24, 2.45) is 5.73 Å². The Balaban J connectivity index is 1.91. The Labute approximate surface area is 103 Å². The first-order chi connectivity index (χ1) is 8.15. The molecule has 0 aromatic heterocycles. The molecule has 2 heterocycles. The smallest absolute Gasteiger partial charge is 0.242 e. The molecule has 2 fully saturated rings. The number of amides is 1. The summed E-state index contributed by atoms with van der Waals surface area (Å²) in [6.07, 6.45) is 1.31. The molecule has 0 saturated carbocycles. The molecule has 0 aromatic carbocycles. The summed E-state index contributed by atoms with van der Waals surface area (Å²) in [5.41, 5.74) is 5.54. The summed E-state index contributed by atoms with van der Waals surface area (Å²) in [5.74, 6) is 0.122. The maximum absolute atomic E-state index is 12.4. The molecule has 0 bridgehead atoms. The van der Waals surface area contributed by atoms with Crippen LogP contribution in [0.5, 0.6) is 0 Å². The molecule has 1 amide bonds. The van der Waals surface area contributed by atoms with Crippen molar-refractivity contribution in [3.63, 3.8) is 0 Å². The lowest BCUT2D eigenvalue weighted by atomic mass is 9.89. The van der Waals surface area contributed by atoms with E-state index < -0.39 is 5.54 Å². The Morgan fingerprint density at radius 1 is 1.24 bits per heavy atom. The standard InChI is InChI=1S/C12H23N3O2/c1-2-14-5-7-15(8-6-14)11(16)12(13)3-9-17-10-4-12/h2-10,13H2,1H3. The van der Waals surface area contributed by atoms with Gasteiger partial charge in [-0.25, -0.2) is 0 Å². The first-order valence-corrected chi connectivity index (χ1v) is 6.54. The third-order valence-corrected chi connectivity index (χ3v) is 3.92. The number of ether oxygens (including phenoxy) is 1. The molecule has 98 valence electrons. The largest absolute Gasteiger partial charge is 0.381 e. The highest BCUT2D eigenvalue weighted by Gasteiger charge is 2.39. The molecule has 0 atom stereocenters. The van der Waals surface area contributed by atoms with E-state index in [4.69, 9.17) is 10.5 Å². The molecule has 0 radical (unpaired) electrons. The van der Waals surface area contributed by atoms with Crippen LogP contribution in [-0.4, -0.2) is 67.2 Å². The van der Waals surface area contributed by atoms with E-state index in [1.165, 1.54) is 0 Å². The van der Waals surface area contributed by atoms with Crippen LogP contribution in [0.2, 0.25) is 0 Å². The molecular formula is C12H23N3O2. The Morgan fingerprint density at radius 2 is 1.82 bits per heavy atom. The first-order valence-electron chi connectivity index (χ1n) is 6.54. The Hall–Kier alpha value is -0.650. The van der Waals surface area contributed by atoms with Crippen LogP contribution in [0.4, 0.5) is 0 Å². The molecule has 0 spiro atoms. The summed E-state index contributed by atoms with van der Waals surface area (Å²) in [7, 11) is 0. The molecular weight excluding hydrogens is 218 g/mol. The van der Waals surface area contributed by atoms with Gasteiger partial charge in [-0.3, -0.25) is 4.79 Å². The van der Waals surface area contributed by atoms with Crippen LogP contribution < -0.4 is 5.73 Å². The molecule has 17 heavy (non-hydrogen) atoms. The summed E-state index contributed by atoms with van der Waals surface area (Å²) in [4.78, 5) is 16.7. The summed E-state index contributed by atoms with van der Waals surface area (Å²) >= 11 is 0. The summed E-state index contributed by atoms with van der Waals surface area (Å²) < 4.78 is 5.28. The summed E-state index contributed by atoms with van der Waals surface area (Å²) in [5, 5.41) is 0. The lowest BCUT2D eigenvalue weighted by Gasteiger charge is -2.40. The van der Waals surface area contributed by atoms with Gasteiger partial charge in [0, 0.05) is 39.4 Å². The number of likely N-dealkylation sites (N-methyl/N-ethyl adjacent to an activating group) is 1. The van der Waals surface area contributed by atoms with Crippen molar-refractivity contribution < 1.29 is 9.53 Å². The normalized spacial score (nSPS) is 25.9. The van der Waals surface area contributed by atoms with Gasteiger partial charge in [0.05, 0.1) is 5.54 Å². The molecule has 5 heteroatoms. The topological polar surface area (TPSA) is 58.8 Å². The number of hydrogen-bond donors (Lipinski definition) is 1. The monoisotopic (exact) mass is 241 g/mol. The van der Waals surface area contributed by atoms with Gasteiger partial charge in [-0.2, -0.15) is 0 Å². The zero-order valence-electron chi connectivity index (χ0n) is 10.7. The molecule has 0 aliphatic carbocycles. The zero-order chi connectivity index (χ0) is 12.3. The SMILES string of the molecule is CCN1CCN(C(=O)C2(N)CCOCC2)CC1. The molecule has 5 nitrogen and oxygen atoms in total. The van der Waals surface area contributed by atoms with Gasteiger partial charge in [-0.1, -0.05) is 6.92 Å². The van der Waals surface area contributed by atoms with Crippen molar-refractivity contribution in [1.29, 1.82) is 0 Å². The van der Waals surface area contributed by atoms with E-state index in [0.29, 0.717) is 26.1 Å². The number of carbonyl (C=O) groups is 1. The molecule has 0 unspecified atom stereocenters. The summed E-state index contributed by atoms with van der Waals surface area (Å²) in [6, 6.07) is 0. The average Bonchev–Trinajstić information content (AvgIpc) is 2.39. The third kappa shape index (κ3) is 2.78. The molecule has 2 rings (SSSR count). The van der Waals surface area contributed by atoms with Gasteiger partial charge in [-0.15, -0.1) is 0 Å². The second-order valence-electron chi connectivity index (χ2n) is 4.99. The van der Waals surface area contributed by atoms with Crippen molar-refractivity contribution >= 4 is 5.91 Å². The molecule has 0 aromatic rings.